The van der Waals surface area contributed by atoms with Crippen LogP contribution in [0.25, 0.3) is 0 Å². The molecule has 1 N–H and O–H groups in total. The summed E-state index contributed by atoms with van der Waals surface area (Å²) in [6.45, 7) is 22.0. The van der Waals surface area contributed by atoms with Gasteiger partial charge >= 0.3 is 0 Å². The monoisotopic (exact) mass is 563 g/mol. The maximum atomic E-state index is 10.5. The highest BCUT2D eigenvalue weighted by Crippen LogP contribution is 2.16. The lowest BCUT2D eigenvalue weighted by molar-refractivity contribution is 0.225. The highest BCUT2D eigenvalue weighted by atomic mass is 16.3. The van der Waals surface area contributed by atoms with Gasteiger partial charge in [-0.25, -0.2) is 0 Å². The molecule has 1 atom stereocenters. The number of aliphatic hydroxyl groups is 1. The van der Waals surface area contributed by atoms with Gasteiger partial charge in [0.25, 0.3) is 0 Å². The third-order valence-electron chi connectivity index (χ3n) is 7.49. The zero-order valence-corrected chi connectivity index (χ0v) is 28.8. The molecule has 1 nitrogen and oxygen atoms in total. The average molecular weight is 563 g/mol. The lowest BCUT2D eigenvalue weighted by atomic mass is 10.0. The van der Waals surface area contributed by atoms with E-state index in [4.69, 9.17) is 0 Å². The Morgan fingerprint density at radius 2 is 0.659 bits per heavy atom. The number of hydrogen-bond acceptors (Lipinski definition) is 1. The van der Waals surface area contributed by atoms with Crippen molar-refractivity contribution in [3.8, 4) is 0 Å². The fourth-order valence-corrected chi connectivity index (χ4v) is 4.67. The van der Waals surface area contributed by atoms with Crippen molar-refractivity contribution in [2.75, 3.05) is 0 Å². The number of allylic oxidation sites excluding steroid dienone is 14. The molecule has 0 unspecified atom stereocenters. The number of rotatable bonds is 21. The third-order valence-corrected chi connectivity index (χ3v) is 7.49. The Hall–Kier alpha value is -2.12. The van der Waals surface area contributed by atoms with Crippen molar-refractivity contribution in [1.29, 1.82) is 0 Å². The molecule has 0 amide bonds. The summed E-state index contributed by atoms with van der Waals surface area (Å²) in [6.07, 6.45) is 32.2. The van der Waals surface area contributed by atoms with Gasteiger partial charge in [-0.1, -0.05) is 93.2 Å². The van der Waals surface area contributed by atoms with Gasteiger partial charge in [0.2, 0.25) is 0 Å². The van der Waals surface area contributed by atoms with E-state index >= 15 is 0 Å². The molecule has 0 aromatic carbocycles. The minimum atomic E-state index is -0.390. The predicted octanol–water partition coefficient (Wildman–Crippen LogP) is 13.0. The average Bonchev–Trinajstić information content (AvgIpc) is 2.87. The Morgan fingerprint density at radius 1 is 0.390 bits per heavy atom. The Balaban J connectivity index is 4.31. The highest BCUT2D eigenvalue weighted by molar-refractivity contribution is 5.11. The molecule has 232 valence electrons. The molecule has 41 heavy (non-hydrogen) atoms. The van der Waals surface area contributed by atoms with Crippen molar-refractivity contribution in [3.05, 3.63) is 93.2 Å². The fourth-order valence-electron chi connectivity index (χ4n) is 4.67. The first kappa shape index (κ1) is 38.9. The Bertz CT molecular complexity index is 962. The molecular formula is C40H66O. The summed E-state index contributed by atoms with van der Waals surface area (Å²) in [6, 6.07) is 0. The molecule has 0 fully saturated rings. The molecule has 1 heteroatoms. The van der Waals surface area contributed by atoms with Crippen LogP contribution in [0.1, 0.15) is 153 Å². The van der Waals surface area contributed by atoms with Gasteiger partial charge in [-0.05, 0) is 153 Å². The van der Waals surface area contributed by atoms with Gasteiger partial charge in [-0.3, -0.25) is 0 Å². The van der Waals surface area contributed by atoms with Crippen LogP contribution in [-0.2, 0) is 0 Å². The second kappa shape index (κ2) is 24.5. The minimum absolute atomic E-state index is 0.390. The molecule has 0 aromatic rings. The van der Waals surface area contributed by atoms with Gasteiger partial charge in [-0.2, -0.15) is 0 Å². The zero-order chi connectivity index (χ0) is 31.0. The van der Waals surface area contributed by atoms with Gasteiger partial charge in [0.15, 0.2) is 0 Å². The summed E-state index contributed by atoms with van der Waals surface area (Å²) in [4.78, 5) is 0. The smallest absolute Gasteiger partial charge is 0.0757 e. The Labute approximate surface area is 256 Å². The summed E-state index contributed by atoms with van der Waals surface area (Å²) in [5, 5.41) is 10.5. The van der Waals surface area contributed by atoms with Gasteiger partial charge in [0, 0.05) is 0 Å². The maximum Gasteiger partial charge on any atom is 0.0757 e. The molecule has 0 rings (SSSR count). The quantitative estimate of drug-likeness (QED) is 0.138. The Morgan fingerprint density at radius 3 is 0.976 bits per heavy atom. The lowest BCUT2D eigenvalue weighted by Gasteiger charge is -2.07. The summed E-state index contributed by atoms with van der Waals surface area (Å²) in [5.41, 5.74) is 11.4. The molecule has 0 saturated heterocycles. The molecule has 0 aromatic heterocycles. The molecule has 0 spiro atoms. The first-order valence-electron chi connectivity index (χ1n) is 16.3. The first-order chi connectivity index (χ1) is 19.4. The van der Waals surface area contributed by atoms with Crippen LogP contribution in [-0.4, -0.2) is 11.2 Å². The SMILES string of the molecule is CC(C)=CCC/C(C)=C/CC/C(C)=C/CC/C(C)=C/C[C@@H](O)/C=C(\C)CC/C=C(\C)CC/C=C(\C)CCC=C(C)C. The van der Waals surface area contributed by atoms with Crippen LogP contribution in [0, 0.1) is 0 Å². The van der Waals surface area contributed by atoms with E-state index in [0.717, 1.165) is 64.2 Å². The molecule has 0 saturated carbocycles. The van der Waals surface area contributed by atoms with E-state index in [1.54, 1.807) is 0 Å². The van der Waals surface area contributed by atoms with E-state index in [1.807, 2.05) is 6.08 Å². The number of hydrogen-bond donors (Lipinski definition) is 1. The lowest BCUT2D eigenvalue weighted by Crippen LogP contribution is -2.01. The van der Waals surface area contributed by atoms with Crippen molar-refractivity contribution in [1.82, 2.24) is 0 Å². The molecule has 0 bridgehead atoms. The molecule has 0 radical (unpaired) electrons. The van der Waals surface area contributed by atoms with Crippen molar-refractivity contribution in [3.63, 3.8) is 0 Å². The van der Waals surface area contributed by atoms with Gasteiger partial charge in [-0.15, -0.1) is 0 Å². The van der Waals surface area contributed by atoms with Gasteiger partial charge in [0.1, 0.15) is 0 Å². The van der Waals surface area contributed by atoms with E-state index < -0.39 is 6.10 Å². The van der Waals surface area contributed by atoms with Crippen molar-refractivity contribution in [2.45, 2.75) is 159 Å². The third kappa shape index (κ3) is 26.5. The van der Waals surface area contributed by atoms with Crippen LogP contribution in [0.5, 0.6) is 0 Å². The summed E-state index contributed by atoms with van der Waals surface area (Å²) in [7, 11) is 0. The summed E-state index contributed by atoms with van der Waals surface area (Å²) < 4.78 is 0. The Kier molecular flexibility index (Phi) is 23.2. The normalized spacial score (nSPS) is 14.8. The predicted molar refractivity (Wildman–Crippen MR) is 187 cm³/mol. The van der Waals surface area contributed by atoms with Crippen LogP contribution in [0.4, 0.5) is 0 Å². The largest absolute Gasteiger partial charge is 0.389 e. The van der Waals surface area contributed by atoms with Crippen LogP contribution in [0.15, 0.2) is 93.2 Å². The summed E-state index contributed by atoms with van der Waals surface area (Å²) >= 11 is 0. The highest BCUT2D eigenvalue weighted by Gasteiger charge is 2.01. The maximum absolute atomic E-state index is 10.5. The van der Waals surface area contributed by atoms with Crippen molar-refractivity contribution < 1.29 is 5.11 Å². The molecule has 0 aliphatic carbocycles. The molecular weight excluding hydrogens is 496 g/mol. The van der Waals surface area contributed by atoms with Crippen molar-refractivity contribution >= 4 is 0 Å². The van der Waals surface area contributed by atoms with E-state index in [1.165, 1.54) is 57.4 Å². The zero-order valence-electron chi connectivity index (χ0n) is 28.8. The van der Waals surface area contributed by atoms with E-state index in [2.05, 4.69) is 112 Å². The number of aliphatic hydroxyl groups excluding tert-OH is 1. The van der Waals surface area contributed by atoms with Gasteiger partial charge in [0.05, 0.1) is 6.10 Å². The van der Waals surface area contributed by atoms with Crippen LogP contribution < -0.4 is 0 Å². The van der Waals surface area contributed by atoms with Gasteiger partial charge < -0.3 is 5.11 Å². The van der Waals surface area contributed by atoms with E-state index in [0.29, 0.717) is 6.42 Å². The van der Waals surface area contributed by atoms with Crippen molar-refractivity contribution in [2.24, 2.45) is 0 Å². The fraction of sp³-hybridized carbons (Fsp3) is 0.600. The molecule has 0 heterocycles. The second-order valence-electron chi connectivity index (χ2n) is 12.9. The van der Waals surface area contributed by atoms with Crippen LogP contribution in [0.3, 0.4) is 0 Å². The first-order valence-corrected chi connectivity index (χ1v) is 16.3. The van der Waals surface area contributed by atoms with Crippen LogP contribution in [0.2, 0.25) is 0 Å². The van der Waals surface area contributed by atoms with Crippen LogP contribution >= 0.6 is 0 Å². The topological polar surface area (TPSA) is 20.2 Å². The standard InChI is InChI=1S/C40H66O/c1-32(2)17-11-19-34(5)21-13-23-36(7)25-15-27-38(9)29-30-40(41)31-39(10)28-16-26-37(8)24-14-22-35(6)20-12-18-33(3)4/h17-18,21-22,25-26,29,31,40-41H,11-16,19-20,23-24,27-28,30H2,1-10H3/b34-21+,35-22+,36-25+,37-26+,38-29+,39-31+/t40-/m1/s1. The minimum Gasteiger partial charge on any atom is -0.389 e. The molecule has 0 aliphatic rings. The van der Waals surface area contributed by atoms with E-state index in [9.17, 15) is 5.11 Å². The second-order valence-corrected chi connectivity index (χ2v) is 12.9. The molecule has 0 aliphatic heterocycles. The summed E-state index contributed by atoms with van der Waals surface area (Å²) in [5.74, 6) is 0. The van der Waals surface area contributed by atoms with E-state index in [-0.39, 0.29) is 0 Å².